The molecule has 4 nitrogen and oxygen atoms in total. The maximum absolute atomic E-state index is 4.01. The van der Waals surface area contributed by atoms with E-state index >= 15 is 0 Å². The molecule has 0 saturated carbocycles. The maximum Gasteiger partial charge on any atom is 0.204 e. The number of H-pyrrole nitrogens is 1. The van der Waals surface area contributed by atoms with Gasteiger partial charge in [-0.3, -0.25) is 0 Å². The van der Waals surface area contributed by atoms with Crippen LogP contribution in [0.1, 0.15) is 56.9 Å². The standard InChI is InChI=1S/C23H26N4/c1-15-22(2,3)19-13-10-17(14-20(19)23(15,4)5)7-6-16-8-11-18(12-9-16)21-24-26-27-25-21/h6-15H,1-5H3,(H,24,25,26,27)/b7-6+. The highest BCUT2D eigenvalue weighted by atomic mass is 15.5. The molecule has 0 amide bonds. The zero-order valence-electron chi connectivity index (χ0n) is 16.6. The summed E-state index contributed by atoms with van der Waals surface area (Å²) < 4.78 is 0. The Morgan fingerprint density at radius 2 is 1.48 bits per heavy atom. The summed E-state index contributed by atoms with van der Waals surface area (Å²) in [5.41, 5.74) is 6.72. The molecule has 3 aromatic rings. The SMILES string of the molecule is CC1C(C)(C)c2ccc(/C=C/c3ccc(-c4nn[nH]n4)cc3)cc2C1(C)C. The monoisotopic (exact) mass is 358 g/mol. The highest BCUT2D eigenvalue weighted by Crippen LogP contribution is 2.53. The summed E-state index contributed by atoms with van der Waals surface area (Å²) in [6.45, 7) is 11.9. The van der Waals surface area contributed by atoms with Crippen LogP contribution in [0.3, 0.4) is 0 Å². The van der Waals surface area contributed by atoms with E-state index in [0.29, 0.717) is 11.7 Å². The van der Waals surface area contributed by atoms with Crippen LogP contribution < -0.4 is 0 Å². The van der Waals surface area contributed by atoms with Gasteiger partial charge in [0.05, 0.1) is 0 Å². The van der Waals surface area contributed by atoms with E-state index in [0.717, 1.165) is 11.1 Å². The summed E-state index contributed by atoms with van der Waals surface area (Å²) in [4.78, 5) is 0. The second-order valence-electron chi connectivity index (χ2n) is 8.66. The molecular formula is C23H26N4. The van der Waals surface area contributed by atoms with Crippen LogP contribution in [0.5, 0.6) is 0 Å². The van der Waals surface area contributed by atoms with Gasteiger partial charge in [0, 0.05) is 5.56 Å². The molecule has 4 heteroatoms. The van der Waals surface area contributed by atoms with E-state index in [2.05, 4.69) is 97.7 Å². The van der Waals surface area contributed by atoms with E-state index in [1.165, 1.54) is 16.7 Å². The number of tetrazole rings is 1. The lowest BCUT2D eigenvalue weighted by atomic mass is 9.71. The summed E-state index contributed by atoms with van der Waals surface area (Å²) >= 11 is 0. The number of aromatic nitrogens is 4. The Hall–Kier alpha value is -2.75. The van der Waals surface area contributed by atoms with Gasteiger partial charge in [-0.1, -0.05) is 89.2 Å². The molecule has 0 bridgehead atoms. The van der Waals surface area contributed by atoms with Crippen molar-refractivity contribution < 1.29 is 0 Å². The molecule has 1 aliphatic carbocycles. The number of nitrogens with zero attached hydrogens (tertiary/aromatic N) is 3. The largest absolute Gasteiger partial charge is 0.204 e. The zero-order valence-corrected chi connectivity index (χ0v) is 16.6. The molecule has 1 aliphatic rings. The normalized spacial score (nSPS) is 20.1. The molecular weight excluding hydrogens is 332 g/mol. The number of rotatable bonds is 3. The molecule has 138 valence electrons. The molecule has 1 aromatic heterocycles. The van der Waals surface area contributed by atoms with Crippen molar-refractivity contribution in [1.29, 1.82) is 0 Å². The van der Waals surface area contributed by atoms with Crippen LogP contribution in [0.2, 0.25) is 0 Å². The molecule has 0 fully saturated rings. The predicted molar refractivity (Wildman–Crippen MR) is 110 cm³/mol. The number of aromatic amines is 1. The van der Waals surface area contributed by atoms with E-state index in [-0.39, 0.29) is 10.8 Å². The van der Waals surface area contributed by atoms with Gasteiger partial charge in [-0.25, -0.2) is 0 Å². The number of nitrogens with one attached hydrogen (secondary N) is 1. The van der Waals surface area contributed by atoms with Crippen LogP contribution in [0.15, 0.2) is 42.5 Å². The zero-order chi connectivity index (χ0) is 19.2. The summed E-state index contributed by atoms with van der Waals surface area (Å²) in [7, 11) is 0. The summed E-state index contributed by atoms with van der Waals surface area (Å²) in [6.07, 6.45) is 4.34. The lowest BCUT2D eigenvalue weighted by Crippen LogP contribution is -2.30. The minimum atomic E-state index is 0.189. The topological polar surface area (TPSA) is 54.5 Å². The van der Waals surface area contributed by atoms with Crippen molar-refractivity contribution in [2.24, 2.45) is 5.92 Å². The van der Waals surface area contributed by atoms with Crippen molar-refractivity contribution in [1.82, 2.24) is 20.6 Å². The second-order valence-corrected chi connectivity index (χ2v) is 8.66. The Morgan fingerprint density at radius 1 is 0.852 bits per heavy atom. The molecule has 2 aromatic carbocycles. The minimum Gasteiger partial charge on any atom is -0.177 e. The minimum absolute atomic E-state index is 0.189. The smallest absolute Gasteiger partial charge is 0.177 e. The summed E-state index contributed by atoms with van der Waals surface area (Å²) in [5, 5.41) is 14.1. The molecule has 1 unspecified atom stereocenters. The van der Waals surface area contributed by atoms with Crippen molar-refractivity contribution in [2.75, 3.05) is 0 Å². The van der Waals surface area contributed by atoms with Gasteiger partial charge in [-0.2, -0.15) is 5.21 Å². The van der Waals surface area contributed by atoms with Gasteiger partial charge < -0.3 is 0 Å². The van der Waals surface area contributed by atoms with Gasteiger partial charge in [-0.05, 0) is 44.2 Å². The fourth-order valence-corrected chi connectivity index (χ4v) is 4.35. The van der Waals surface area contributed by atoms with Crippen molar-refractivity contribution in [3.05, 3.63) is 64.7 Å². The van der Waals surface area contributed by atoms with Crippen LogP contribution in [-0.4, -0.2) is 20.6 Å². The lowest BCUT2D eigenvalue weighted by molar-refractivity contribution is 0.264. The first-order valence-corrected chi connectivity index (χ1v) is 9.47. The van der Waals surface area contributed by atoms with Crippen LogP contribution in [0.25, 0.3) is 23.5 Å². The fourth-order valence-electron chi connectivity index (χ4n) is 4.35. The highest BCUT2D eigenvalue weighted by molar-refractivity contribution is 5.72. The van der Waals surface area contributed by atoms with E-state index in [1.807, 2.05) is 12.1 Å². The molecule has 1 atom stereocenters. The average molecular weight is 358 g/mol. The molecule has 27 heavy (non-hydrogen) atoms. The molecule has 1 heterocycles. The number of benzene rings is 2. The number of hydrogen-bond donors (Lipinski definition) is 1. The second kappa shape index (κ2) is 6.15. The third kappa shape index (κ3) is 2.89. The van der Waals surface area contributed by atoms with E-state index in [1.54, 1.807) is 0 Å². The fraction of sp³-hybridized carbons (Fsp3) is 0.348. The Balaban J connectivity index is 1.60. The molecule has 0 aliphatic heterocycles. The molecule has 4 rings (SSSR count). The van der Waals surface area contributed by atoms with Crippen LogP contribution in [0.4, 0.5) is 0 Å². The predicted octanol–water partition coefficient (Wildman–Crippen LogP) is 5.24. The van der Waals surface area contributed by atoms with Gasteiger partial charge in [0.15, 0.2) is 0 Å². The first-order valence-electron chi connectivity index (χ1n) is 9.47. The van der Waals surface area contributed by atoms with Crippen molar-refractivity contribution >= 4 is 12.2 Å². The van der Waals surface area contributed by atoms with Gasteiger partial charge in [0.25, 0.3) is 0 Å². The number of hydrogen-bond acceptors (Lipinski definition) is 3. The van der Waals surface area contributed by atoms with E-state index in [9.17, 15) is 0 Å². The van der Waals surface area contributed by atoms with Crippen LogP contribution in [-0.2, 0) is 10.8 Å². The average Bonchev–Trinajstić information content (AvgIpc) is 3.24. The van der Waals surface area contributed by atoms with Gasteiger partial charge in [0.2, 0.25) is 5.82 Å². The Morgan fingerprint density at radius 3 is 2.15 bits per heavy atom. The Kier molecular flexibility index (Phi) is 4.02. The quantitative estimate of drug-likeness (QED) is 0.651. The number of fused-ring (bicyclic) bond motifs is 1. The Labute approximate surface area is 160 Å². The summed E-state index contributed by atoms with van der Waals surface area (Å²) in [6, 6.07) is 15.1. The Bertz CT molecular complexity index is 980. The molecule has 1 N–H and O–H groups in total. The molecule has 0 saturated heterocycles. The van der Waals surface area contributed by atoms with Crippen molar-refractivity contribution in [3.63, 3.8) is 0 Å². The van der Waals surface area contributed by atoms with Gasteiger partial charge >= 0.3 is 0 Å². The lowest BCUT2D eigenvalue weighted by Gasteiger charge is -2.32. The van der Waals surface area contributed by atoms with Crippen LogP contribution >= 0.6 is 0 Å². The molecule has 0 radical (unpaired) electrons. The summed E-state index contributed by atoms with van der Waals surface area (Å²) in [5.74, 6) is 1.22. The first-order chi connectivity index (χ1) is 12.8. The van der Waals surface area contributed by atoms with E-state index < -0.39 is 0 Å². The molecule has 0 spiro atoms. The van der Waals surface area contributed by atoms with Crippen molar-refractivity contribution in [3.8, 4) is 11.4 Å². The van der Waals surface area contributed by atoms with Gasteiger partial charge in [-0.15, -0.1) is 10.2 Å². The highest BCUT2D eigenvalue weighted by Gasteiger charge is 2.48. The van der Waals surface area contributed by atoms with Gasteiger partial charge in [0.1, 0.15) is 0 Å². The van der Waals surface area contributed by atoms with Crippen molar-refractivity contribution in [2.45, 2.75) is 45.4 Å². The third-order valence-electron chi connectivity index (χ3n) is 6.58. The first kappa shape index (κ1) is 17.7. The third-order valence-corrected chi connectivity index (χ3v) is 6.58. The van der Waals surface area contributed by atoms with E-state index in [4.69, 9.17) is 0 Å². The van der Waals surface area contributed by atoms with Crippen LogP contribution in [0, 0.1) is 5.92 Å². The maximum atomic E-state index is 4.01.